The molecule has 2 fully saturated rings. The van der Waals surface area contributed by atoms with Crippen LogP contribution < -0.4 is 5.69 Å². The van der Waals surface area contributed by atoms with E-state index in [0.29, 0.717) is 11.3 Å². The number of hydrogen-bond donors (Lipinski definition) is 0. The SMILES string of the molecule is CC1CCCC(C)N1C(=O)Cn1c2ccccc2n2c(=O)n(CC(=O)N3CCCC3)nc12. The molecule has 0 aliphatic carbocycles. The molecule has 0 bridgehead atoms. The lowest BCUT2D eigenvalue weighted by Crippen LogP contribution is -2.48. The van der Waals surface area contributed by atoms with E-state index < -0.39 is 0 Å². The zero-order chi connectivity index (χ0) is 22.4. The fourth-order valence-electron chi connectivity index (χ4n) is 5.35. The van der Waals surface area contributed by atoms with Crippen molar-refractivity contribution in [2.45, 2.75) is 71.1 Å². The predicted octanol–water partition coefficient (Wildman–Crippen LogP) is 1.86. The third-order valence-electron chi connectivity index (χ3n) is 7.00. The van der Waals surface area contributed by atoms with E-state index in [1.54, 1.807) is 4.90 Å². The van der Waals surface area contributed by atoms with Crippen molar-refractivity contribution in [2.24, 2.45) is 0 Å². The van der Waals surface area contributed by atoms with Crippen LogP contribution in [0, 0.1) is 0 Å². The molecule has 170 valence electrons. The molecule has 0 saturated carbocycles. The molecular formula is C23H30N6O3. The molecule has 4 heterocycles. The molecule has 2 unspecified atom stereocenters. The lowest BCUT2D eigenvalue weighted by Gasteiger charge is -2.39. The van der Waals surface area contributed by atoms with E-state index >= 15 is 0 Å². The first-order valence-electron chi connectivity index (χ1n) is 11.6. The van der Waals surface area contributed by atoms with Crippen LogP contribution in [0.15, 0.2) is 29.1 Å². The number of carbonyl (C=O) groups excluding carboxylic acids is 2. The molecule has 5 rings (SSSR count). The maximum absolute atomic E-state index is 13.3. The van der Waals surface area contributed by atoms with Gasteiger partial charge in [0.2, 0.25) is 17.6 Å². The Hall–Kier alpha value is -3.10. The normalized spacial score (nSPS) is 21.7. The van der Waals surface area contributed by atoms with Crippen molar-refractivity contribution in [1.29, 1.82) is 0 Å². The van der Waals surface area contributed by atoms with E-state index in [1.807, 2.05) is 33.7 Å². The zero-order valence-corrected chi connectivity index (χ0v) is 18.7. The molecule has 9 nitrogen and oxygen atoms in total. The fraction of sp³-hybridized carbons (Fsp3) is 0.565. The van der Waals surface area contributed by atoms with Crippen LogP contribution in [0.1, 0.15) is 46.0 Å². The molecule has 2 saturated heterocycles. The molecule has 0 spiro atoms. The summed E-state index contributed by atoms with van der Waals surface area (Å²) in [5.74, 6) is 0.340. The van der Waals surface area contributed by atoms with Crippen molar-refractivity contribution in [2.75, 3.05) is 13.1 Å². The summed E-state index contributed by atoms with van der Waals surface area (Å²) >= 11 is 0. The minimum Gasteiger partial charge on any atom is -0.341 e. The van der Waals surface area contributed by atoms with E-state index in [4.69, 9.17) is 0 Å². The number of likely N-dealkylation sites (tertiary alicyclic amines) is 2. The molecule has 0 N–H and O–H groups in total. The van der Waals surface area contributed by atoms with E-state index in [0.717, 1.165) is 50.7 Å². The monoisotopic (exact) mass is 438 g/mol. The summed E-state index contributed by atoms with van der Waals surface area (Å²) in [5.41, 5.74) is 1.13. The van der Waals surface area contributed by atoms with Crippen molar-refractivity contribution in [3.8, 4) is 0 Å². The Bertz CT molecular complexity index is 1220. The van der Waals surface area contributed by atoms with Gasteiger partial charge in [-0.2, -0.15) is 0 Å². The van der Waals surface area contributed by atoms with Crippen LogP contribution in [0.4, 0.5) is 0 Å². The van der Waals surface area contributed by atoms with E-state index in [9.17, 15) is 14.4 Å². The molecule has 0 radical (unpaired) electrons. The van der Waals surface area contributed by atoms with Gasteiger partial charge in [0.15, 0.2) is 0 Å². The lowest BCUT2D eigenvalue weighted by molar-refractivity contribution is -0.137. The second-order valence-corrected chi connectivity index (χ2v) is 9.17. The molecule has 1 aromatic carbocycles. The lowest BCUT2D eigenvalue weighted by atomic mass is 9.97. The van der Waals surface area contributed by atoms with Gasteiger partial charge in [-0.3, -0.25) is 14.2 Å². The second-order valence-electron chi connectivity index (χ2n) is 9.17. The predicted molar refractivity (Wildman–Crippen MR) is 120 cm³/mol. The quantitative estimate of drug-likeness (QED) is 0.622. The van der Waals surface area contributed by atoms with Gasteiger partial charge >= 0.3 is 5.69 Å². The average molecular weight is 439 g/mol. The van der Waals surface area contributed by atoms with Crippen LogP contribution in [-0.4, -0.2) is 65.5 Å². The molecule has 2 aromatic heterocycles. The molecule has 3 aromatic rings. The molecule has 2 aliphatic heterocycles. The number of carbonyl (C=O) groups is 2. The summed E-state index contributed by atoms with van der Waals surface area (Å²) in [6.45, 7) is 5.69. The van der Waals surface area contributed by atoms with E-state index in [1.165, 1.54) is 9.08 Å². The number of imidazole rings is 1. The van der Waals surface area contributed by atoms with Gasteiger partial charge in [0, 0.05) is 25.2 Å². The third-order valence-corrected chi connectivity index (χ3v) is 7.00. The summed E-state index contributed by atoms with van der Waals surface area (Å²) in [7, 11) is 0. The van der Waals surface area contributed by atoms with Gasteiger partial charge in [-0.1, -0.05) is 12.1 Å². The Morgan fingerprint density at radius 1 is 0.938 bits per heavy atom. The Labute approximate surface area is 186 Å². The van der Waals surface area contributed by atoms with Gasteiger partial charge in [0.25, 0.3) is 0 Å². The number of piperidine rings is 1. The van der Waals surface area contributed by atoms with E-state index in [2.05, 4.69) is 18.9 Å². The van der Waals surface area contributed by atoms with Crippen molar-refractivity contribution in [1.82, 2.24) is 28.5 Å². The van der Waals surface area contributed by atoms with Gasteiger partial charge in [-0.25, -0.2) is 13.9 Å². The topological polar surface area (TPSA) is 84.8 Å². The second kappa shape index (κ2) is 8.11. The van der Waals surface area contributed by atoms with Crippen LogP contribution in [0.3, 0.4) is 0 Å². The minimum absolute atomic E-state index is 0.0306. The Morgan fingerprint density at radius 3 is 2.28 bits per heavy atom. The average Bonchev–Trinajstić information content (AvgIpc) is 3.47. The van der Waals surface area contributed by atoms with Crippen LogP contribution in [0.25, 0.3) is 16.8 Å². The van der Waals surface area contributed by atoms with Crippen molar-refractivity contribution in [3.63, 3.8) is 0 Å². The van der Waals surface area contributed by atoms with Gasteiger partial charge in [0.1, 0.15) is 13.1 Å². The molecule has 32 heavy (non-hydrogen) atoms. The molecule has 2 amide bonds. The van der Waals surface area contributed by atoms with Crippen molar-refractivity contribution in [3.05, 3.63) is 34.7 Å². The summed E-state index contributed by atoms with van der Waals surface area (Å²) in [6, 6.07) is 7.90. The summed E-state index contributed by atoms with van der Waals surface area (Å²) < 4.78 is 4.56. The number of para-hydroxylation sites is 2. The van der Waals surface area contributed by atoms with Crippen LogP contribution in [0.2, 0.25) is 0 Å². The van der Waals surface area contributed by atoms with Crippen molar-refractivity contribution >= 4 is 28.6 Å². The smallest absolute Gasteiger partial charge is 0.341 e. The fourth-order valence-corrected chi connectivity index (χ4v) is 5.35. The largest absolute Gasteiger partial charge is 0.352 e. The first-order chi connectivity index (χ1) is 15.5. The number of aromatic nitrogens is 4. The summed E-state index contributed by atoms with van der Waals surface area (Å²) in [4.78, 5) is 42.9. The van der Waals surface area contributed by atoms with Gasteiger partial charge in [-0.15, -0.1) is 5.10 Å². The van der Waals surface area contributed by atoms with Crippen LogP contribution in [0.5, 0.6) is 0 Å². The van der Waals surface area contributed by atoms with Gasteiger partial charge < -0.3 is 9.80 Å². The number of nitrogens with zero attached hydrogens (tertiary/aromatic N) is 6. The Balaban J connectivity index is 1.53. The molecule has 2 aliphatic rings. The van der Waals surface area contributed by atoms with Crippen LogP contribution >= 0.6 is 0 Å². The summed E-state index contributed by atoms with van der Waals surface area (Å²) in [6.07, 6.45) is 5.14. The number of hydrogen-bond acceptors (Lipinski definition) is 4. The van der Waals surface area contributed by atoms with Crippen LogP contribution in [-0.2, 0) is 22.7 Å². The highest BCUT2D eigenvalue weighted by Crippen LogP contribution is 2.24. The first kappa shape index (κ1) is 20.8. The highest BCUT2D eigenvalue weighted by atomic mass is 16.2. The summed E-state index contributed by atoms with van der Waals surface area (Å²) in [5, 5.41) is 4.51. The third kappa shape index (κ3) is 3.40. The highest BCUT2D eigenvalue weighted by molar-refractivity contribution is 5.85. The molecule has 2 atom stereocenters. The molecular weight excluding hydrogens is 408 g/mol. The highest BCUT2D eigenvalue weighted by Gasteiger charge is 2.30. The zero-order valence-electron chi connectivity index (χ0n) is 18.7. The standard InChI is InChI=1S/C23H30N6O3/c1-16-8-7-9-17(2)28(16)21(31)14-26-18-10-3-4-11-19(18)29-22(26)24-27(23(29)32)15-20(30)25-12-5-6-13-25/h3-4,10-11,16-17H,5-9,12-15H2,1-2H3. The number of fused-ring (bicyclic) bond motifs is 3. The van der Waals surface area contributed by atoms with E-state index in [-0.39, 0.29) is 42.7 Å². The van der Waals surface area contributed by atoms with Crippen molar-refractivity contribution < 1.29 is 9.59 Å². The number of rotatable bonds is 4. The number of benzene rings is 1. The Kier molecular flexibility index (Phi) is 5.27. The number of amides is 2. The maximum atomic E-state index is 13.3. The van der Waals surface area contributed by atoms with Gasteiger partial charge in [0.05, 0.1) is 11.0 Å². The first-order valence-corrected chi connectivity index (χ1v) is 11.6. The Morgan fingerprint density at radius 2 is 1.59 bits per heavy atom. The minimum atomic E-state index is -0.352. The molecule has 9 heteroatoms. The maximum Gasteiger partial charge on any atom is 0.352 e. The van der Waals surface area contributed by atoms with Gasteiger partial charge in [-0.05, 0) is 58.1 Å².